The van der Waals surface area contributed by atoms with Crippen LogP contribution in [0.1, 0.15) is 10.8 Å². The molecule has 0 radical (unpaired) electrons. The van der Waals surface area contributed by atoms with Gasteiger partial charge in [-0.3, -0.25) is 0 Å². The molecular formula is C18H19N7S. The molecule has 0 saturated heterocycles. The number of nitrogens with one attached hydrogen (secondary N) is 2. The molecule has 0 aliphatic carbocycles. The van der Waals surface area contributed by atoms with Crippen LogP contribution in [-0.2, 0) is 12.8 Å². The number of aromatic amines is 1. The number of imidazole rings is 1. The molecule has 0 aliphatic heterocycles. The summed E-state index contributed by atoms with van der Waals surface area (Å²) in [6, 6.07) is 10.2. The Labute approximate surface area is 154 Å². The van der Waals surface area contributed by atoms with Crippen molar-refractivity contribution < 1.29 is 0 Å². The van der Waals surface area contributed by atoms with Crippen LogP contribution < -0.4 is 11.1 Å². The van der Waals surface area contributed by atoms with Gasteiger partial charge in [0.15, 0.2) is 5.82 Å². The zero-order valence-electron chi connectivity index (χ0n) is 14.1. The van der Waals surface area contributed by atoms with Crippen LogP contribution in [0.2, 0.25) is 0 Å². The van der Waals surface area contributed by atoms with Crippen LogP contribution in [0.4, 0.5) is 5.82 Å². The Bertz CT molecular complexity index is 993. The lowest BCUT2D eigenvalue weighted by atomic mass is 10.2. The van der Waals surface area contributed by atoms with Gasteiger partial charge in [-0.15, -0.1) is 0 Å². The molecule has 0 unspecified atom stereocenters. The van der Waals surface area contributed by atoms with Gasteiger partial charge in [0.05, 0.1) is 16.9 Å². The van der Waals surface area contributed by atoms with Crippen LogP contribution in [0.5, 0.6) is 0 Å². The van der Waals surface area contributed by atoms with E-state index in [9.17, 15) is 0 Å². The van der Waals surface area contributed by atoms with E-state index in [0.717, 1.165) is 52.9 Å². The van der Waals surface area contributed by atoms with Gasteiger partial charge >= 0.3 is 0 Å². The number of nitrogen functional groups attached to an aromatic ring is 1. The number of fused-ring (bicyclic) bond motifs is 1. The van der Waals surface area contributed by atoms with Crippen molar-refractivity contribution in [1.82, 2.24) is 30.2 Å². The Hall–Kier alpha value is -2.84. The summed E-state index contributed by atoms with van der Waals surface area (Å²) in [6.07, 6.45) is 5.06. The normalized spacial score (nSPS) is 11.2. The van der Waals surface area contributed by atoms with E-state index in [4.69, 9.17) is 5.73 Å². The molecule has 3 aromatic heterocycles. The first-order valence-electron chi connectivity index (χ1n) is 8.45. The van der Waals surface area contributed by atoms with Crippen LogP contribution >= 0.6 is 11.3 Å². The molecular weight excluding hydrogens is 346 g/mol. The summed E-state index contributed by atoms with van der Waals surface area (Å²) in [5, 5.41) is 4.45. The standard InChI is InChI=1S/C18H19N7S/c19-17-16-18(23-11-22-17)26-15(25-16)7-9-20-8-6-14-21-10-13(24-14)12-4-2-1-3-5-12/h1-5,10-11,20H,6-9H2,(H,21,24)(H2,19,22,23). The second-order valence-electron chi connectivity index (χ2n) is 5.88. The summed E-state index contributed by atoms with van der Waals surface area (Å²) >= 11 is 1.57. The fraction of sp³-hybridized carbons (Fsp3) is 0.222. The number of benzene rings is 1. The van der Waals surface area contributed by atoms with Gasteiger partial charge in [-0.1, -0.05) is 41.7 Å². The van der Waals surface area contributed by atoms with Gasteiger partial charge in [-0.2, -0.15) is 0 Å². The number of nitrogens with zero attached hydrogens (tertiary/aromatic N) is 4. The zero-order valence-corrected chi connectivity index (χ0v) is 15.0. The molecule has 4 rings (SSSR count). The second kappa shape index (κ2) is 7.59. The number of thiazole rings is 1. The summed E-state index contributed by atoms with van der Waals surface area (Å²) in [5.41, 5.74) is 8.73. The van der Waals surface area contributed by atoms with Crippen molar-refractivity contribution in [3.05, 3.63) is 53.7 Å². The maximum Gasteiger partial charge on any atom is 0.154 e. The van der Waals surface area contributed by atoms with Gasteiger partial charge in [0, 0.05) is 25.9 Å². The maximum atomic E-state index is 5.82. The number of rotatable bonds is 7. The van der Waals surface area contributed by atoms with Gasteiger partial charge in [0.25, 0.3) is 0 Å². The van der Waals surface area contributed by atoms with Crippen LogP contribution in [0.3, 0.4) is 0 Å². The first-order chi connectivity index (χ1) is 12.8. The van der Waals surface area contributed by atoms with Crippen molar-refractivity contribution in [2.75, 3.05) is 18.8 Å². The lowest BCUT2D eigenvalue weighted by molar-refractivity contribution is 0.669. The molecule has 0 aliphatic rings. The quantitative estimate of drug-likeness (QED) is 0.434. The smallest absolute Gasteiger partial charge is 0.154 e. The average molecular weight is 365 g/mol. The Morgan fingerprint density at radius 1 is 1.04 bits per heavy atom. The SMILES string of the molecule is Nc1ncnc2sc(CCNCCc3ncc(-c4ccccc4)[nH]3)nc12. The molecule has 132 valence electrons. The molecule has 26 heavy (non-hydrogen) atoms. The van der Waals surface area contributed by atoms with Crippen LogP contribution in [0.25, 0.3) is 21.6 Å². The molecule has 0 spiro atoms. The third-order valence-electron chi connectivity index (χ3n) is 4.04. The van der Waals surface area contributed by atoms with Gasteiger partial charge in [0.2, 0.25) is 0 Å². The minimum absolute atomic E-state index is 0.442. The Kier molecular flexibility index (Phi) is 4.85. The average Bonchev–Trinajstić information content (AvgIpc) is 3.30. The van der Waals surface area contributed by atoms with Crippen LogP contribution in [-0.4, -0.2) is 38.0 Å². The summed E-state index contributed by atoms with van der Waals surface area (Å²) in [5.74, 6) is 1.43. The molecule has 7 nitrogen and oxygen atoms in total. The van der Waals surface area contributed by atoms with Crippen molar-refractivity contribution in [3.8, 4) is 11.3 Å². The van der Waals surface area contributed by atoms with Gasteiger partial charge in [0.1, 0.15) is 22.5 Å². The number of anilines is 1. The van der Waals surface area contributed by atoms with Gasteiger partial charge < -0.3 is 16.0 Å². The van der Waals surface area contributed by atoms with E-state index >= 15 is 0 Å². The second-order valence-corrected chi connectivity index (χ2v) is 6.94. The summed E-state index contributed by atoms with van der Waals surface area (Å²) in [4.78, 5) is 21.4. The highest BCUT2D eigenvalue weighted by molar-refractivity contribution is 7.18. The van der Waals surface area contributed by atoms with E-state index in [1.807, 2.05) is 24.4 Å². The fourth-order valence-corrected chi connectivity index (χ4v) is 3.61. The lowest BCUT2D eigenvalue weighted by Crippen LogP contribution is -2.20. The molecule has 4 aromatic rings. The summed E-state index contributed by atoms with van der Waals surface area (Å²) < 4.78 is 0. The highest BCUT2D eigenvalue weighted by Crippen LogP contribution is 2.22. The Morgan fingerprint density at radius 2 is 1.88 bits per heavy atom. The highest BCUT2D eigenvalue weighted by Gasteiger charge is 2.08. The monoisotopic (exact) mass is 365 g/mol. The largest absolute Gasteiger partial charge is 0.382 e. The topological polar surface area (TPSA) is 105 Å². The Balaban J connectivity index is 1.25. The number of nitrogens with two attached hydrogens (primary N) is 1. The number of H-pyrrole nitrogens is 1. The zero-order chi connectivity index (χ0) is 17.8. The number of aromatic nitrogens is 5. The molecule has 0 fully saturated rings. The Morgan fingerprint density at radius 3 is 2.73 bits per heavy atom. The van der Waals surface area contributed by atoms with Crippen molar-refractivity contribution in [3.63, 3.8) is 0 Å². The van der Waals surface area contributed by atoms with E-state index in [1.165, 1.54) is 6.33 Å². The van der Waals surface area contributed by atoms with Crippen LogP contribution in [0, 0.1) is 0 Å². The molecule has 8 heteroatoms. The van der Waals surface area contributed by atoms with E-state index in [-0.39, 0.29) is 0 Å². The first kappa shape index (κ1) is 16.6. The molecule has 4 N–H and O–H groups in total. The predicted octanol–water partition coefficient (Wildman–Crippen LogP) is 2.43. The third kappa shape index (κ3) is 3.71. The number of hydrogen-bond donors (Lipinski definition) is 3. The molecule has 0 bridgehead atoms. The fourth-order valence-electron chi connectivity index (χ4n) is 2.70. The summed E-state index contributed by atoms with van der Waals surface area (Å²) in [6.45, 7) is 1.70. The van der Waals surface area contributed by atoms with E-state index in [1.54, 1.807) is 11.3 Å². The lowest BCUT2D eigenvalue weighted by Gasteiger charge is -2.01. The van der Waals surface area contributed by atoms with Crippen molar-refractivity contribution in [2.24, 2.45) is 0 Å². The van der Waals surface area contributed by atoms with Crippen molar-refractivity contribution >= 4 is 27.5 Å². The third-order valence-corrected chi connectivity index (χ3v) is 5.06. The van der Waals surface area contributed by atoms with E-state index in [2.05, 4.69) is 42.4 Å². The maximum absolute atomic E-state index is 5.82. The molecule has 3 heterocycles. The molecule has 1 aromatic carbocycles. The van der Waals surface area contributed by atoms with E-state index in [0.29, 0.717) is 11.3 Å². The molecule has 0 atom stereocenters. The minimum Gasteiger partial charge on any atom is -0.382 e. The first-order valence-corrected chi connectivity index (χ1v) is 9.27. The van der Waals surface area contributed by atoms with Gasteiger partial charge in [-0.05, 0) is 5.56 Å². The van der Waals surface area contributed by atoms with E-state index < -0.39 is 0 Å². The van der Waals surface area contributed by atoms with Crippen LogP contribution in [0.15, 0.2) is 42.9 Å². The molecule has 0 saturated carbocycles. The van der Waals surface area contributed by atoms with Crippen molar-refractivity contribution in [2.45, 2.75) is 12.8 Å². The highest BCUT2D eigenvalue weighted by atomic mass is 32.1. The van der Waals surface area contributed by atoms with Crippen molar-refractivity contribution in [1.29, 1.82) is 0 Å². The summed E-state index contributed by atoms with van der Waals surface area (Å²) in [7, 11) is 0. The van der Waals surface area contributed by atoms with Gasteiger partial charge in [-0.25, -0.2) is 19.9 Å². The minimum atomic E-state index is 0.442. The molecule has 0 amide bonds. The number of hydrogen-bond acceptors (Lipinski definition) is 7. The predicted molar refractivity (Wildman–Crippen MR) is 104 cm³/mol.